The minimum Gasteiger partial charge on any atom is -0.496 e. The normalized spacial score (nSPS) is 10.8. The molecule has 1 aromatic heterocycles. The van der Waals surface area contributed by atoms with E-state index in [4.69, 9.17) is 21.5 Å². The summed E-state index contributed by atoms with van der Waals surface area (Å²) in [6, 6.07) is 7.77. The fourth-order valence-corrected chi connectivity index (χ4v) is 3.41. The number of carbonyl (C=O) groups is 2. The largest absolute Gasteiger partial charge is 0.496 e. The molecular formula is C22H22ClFN4O4. The van der Waals surface area contributed by atoms with Gasteiger partial charge in [-0.15, -0.1) is 0 Å². The Balaban J connectivity index is 1.80. The summed E-state index contributed by atoms with van der Waals surface area (Å²) in [6.45, 7) is 0. The number of methoxy groups -OCH3 is 1. The minimum absolute atomic E-state index is 0.0104. The summed E-state index contributed by atoms with van der Waals surface area (Å²) in [5.41, 5.74) is 3.41. The number of rotatable bonds is 10. The molecule has 0 bridgehead atoms. The second-order valence-electron chi connectivity index (χ2n) is 7.11. The number of unbranched alkanes of at least 4 members (excludes halogenated alkanes) is 1. The number of ether oxygens (including phenoxy) is 1. The van der Waals surface area contributed by atoms with Crippen molar-refractivity contribution < 1.29 is 23.9 Å². The summed E-state index contributed by atoms with van der Waals surface area (Å²) < 4.78 is 18.9. The highest BCUT2D eigenvalue weighted by Gasteiger charge is 2.14. The van der Waals surface area contributed by atoms with Crippen LogP contribution in [-0.4, -0.2) is 34.0 Å². The van der Waals surface area contributed by atoms with Crippen LogP contribution in [0.15, 0.2) is 36.7 Å². The lowest BCUT2D eigenvalue weighted by atomic mass is 10.0. The second-order valence-corrected chi connectivity index (χ2v) is 7.52. The first kappa shape index (κ1) is 23.4. The molecule has 2 aromatic carbocycles. The molecular weight excluding hydrogens is 439 g/mol. The molecule has 1 heterocycles. The lowest BCUT2D eigenvalue weighted by Crippen LogP contribution is -2.17. The van der Waals surface area contributed by atoms with E-state index in [-0.39, 0.29) is 23.6 Å². The average Bonchev–Trinajstić information content (AvgIpc) is 2.79. The molecule has 1 amide bonds. The summed E-state index contributed by atoms with van der Waals surface area (Å²) in [4.78, 5) is 32.1. The van der Waals surface area contributed by atoms with Gasteiger partial charge in [0.05, 0.1) is 17.6 Å². The molecule has 0 radical (unpaired) electrons. The summed E-state index contributed by atoms with van der Waals surface area (Å²) in [7, 11) is 1.52. The Labute approximate surface area is 188 Å². The summed E-state index contributed by atoms with van der Waals surface area (Å²) in [6.07, 6.45) is 3.01. The van der Waals surface area contributed by atoms with Crippen molar-refractivity contribution in [2.24, 2.45) is 0 Å². The van der Waals surface area contributed by atoms with Crippen LogP contribution in [-0.2, 0) is 16.0 Å². The number of hydrogen-bond donors (Lipinski definition) is 3. The van der Waals surface area contributed by atoms with Crippen molar-refractivity contribution in [3.63, 3.8) is 0 Å². The Morgan fingerprint density at radius 1 is 1.16 bits per heavy atom. The number of aromatic nitrogens is 2. The molecule has 3 aromatic rings. The lowest BCUT2D eigenvalue weighted by Gasteiger charge is -2.13. The van der Waals surface area contributed by atoms with Gasteiger partial charge in [-0.05, 0) is 37.1 Å². The maximum absolute atomic E-state index is 13.5. The lowest BCUT2D eigenvalue weighted by molar-refractivity contribution is -0.129. The van der Waals surface area contributed by atoms with Gasteiger partial charge < -0.3 is 10.1 Å². The Bertz CT molecular complexity index is 1140. The van der Waals surface area contributed by atoms with Gasteiger partial charge in [-0.25, -0.2) is 19.8 Å². The molecule has 0 atom stereocenters. The zero-order chi connectivity index (χ0) is 23.1. The molecule has 8 nitrogen and oxygen atoms in total. The number of halogens is 2. The van der Waals surface area contributed by atoms with Gasteiger partial charge in [-0.3, -0.25) is 14.8 Å². The molecule has 0 fully saturated rings. The number of hydrogen-bond acceptors (Lipinski definition) is 7. The van der Waals surface area contributed by atoms with Crippen molar-refractivity contribution in [3.8, 4) is 5.75 Å². The Kier molecular flexibility index (Phi) is 7.91. The van der Waals surface area contributed by atoms with Crippen LogP contribution in [0.25, 0.3) is 10.9 Å². The van der Waals surface area contributed by atoms with Crippen LogP contribution in [0.4, 0.5) is 15.9 Å². The molecule has 168 valence electrons. The summed E-state index contributed by atoms with van der Waals surface area (Å²) in [5.74, 6) is -0.00355. The smallest absolute Gasteiger partial charge is 0.243 e. The fraction of sp³-hybridized carbons (Fsp3) is 0.273. The predicted molar refractivity (Wildman–Crippen MR) is 118 cm³/mol. The average molecular weight is 461 g/mol. The van der Waals surface area contributed by atoms with E-state index in [0.717, 1.165) is 0 Å². The number of Topliss-reactive ketones (excluding diaryl/α,β-unsaturated/α-hetero) is 1. The van der Waals surface area contributed by atoms with E-state index in [0.29, 0.717) is 53.0 Å². The number of nitrogens with zero attached hydrogens (tertiary/aromatic N) is 2. The maximum Gasteiger partial charge on any atom is 0.243 e. The van der Waals surface area contributed by atoms with Gasteiger partial charge in [0, 0.05) is 42.0 Å². The van der Waals surface area contributed by atoms with Crippen LogP contribution in [0, 0.1) is 5.82 Å². The molecule has 0 aliphatic heterocycles. The van der Waals surface area contributed by atoms with Gasteiger partial charge in [0.1, 0.15) is 29.5 Å². The first-order chi connectivity index (χ1) is 15.4. The van der Waals surface area contributed by atoms with E-state index in [2.05, 4.69) is 15.3 Å². The van der Waals surface area contributed by atoms with E-state index in [1.165, 1.54) is 25.6 Å². The van der Waals surface area contributed by atoms with E-state index >= 15 is 0 Å². The molecule has 0 unspecified atom stereocenters. The number of amides is 1. The third-order valence-electron chi connectivity index (χ3n) is 4.84. The highest BCUT2D eigenvalue weighted by atomic mass is 35.5. The quantitative estimate of drug-likeness (QED) is 0.234. The summed E-state index contributed by atoms with van der Waals surface area (Å²) in [5, 5.41) is 12.3. The zero-order valence-electron chi connectivity index (χ0n) is 17.3. The highest BCUT2D eigenvalue weighted by molar-refractivity contribution is 6.31. The van der Waals surface area contributed by atoms with Gasteiger partial charge >= 0.3 is 0 Å². The number of hydroxylamine groups is 1. The monoisotopic (exact) mass is 460 g/mol. The number of anilines is 2. The van der Waals surface area contributed by atoms with Gasteiger partial charge in [-0.2, -0.15) is 0 Å². The topological polar surface area (TPSA) is 113 Å². The molecule has 0 aliphatic rings. The van der Waals surface area contributed by atoms with Gasteiger partial charge in [0.2, 0.25) is 5.91 Å². The Hall–Kier alpha value is -3.30. The highest BCUT2D eigenvalue weighted by Crippen LogP contribution is 2.31. The number of ketones is 1. The Morgan fingerprint density at radius 2 is 1.94 bits per heavy atom. The molecule has 0 saturated carbocycles. The molecule has 0 spiro atoms. The fourth-order valence-electron chi connectivity index (χ4n) is 3.23. The standard InChI is InChI=1S/C22H22ClFN4O4/c1-32-20-11-19-16(9-13(20)8-15(29)4-2-3-5-21(30)28-31)22(26-12-25-19)27-14-6-7-18(24)17(23)10-14/h6-7,9-12,31H,2-5,8H2,1H3,(H,28,30)(H,25,26,27). The van der Waals surface area contributed by atoms with Crippen LogP contribution < -0.4 is 15.5 Å². The Morgan fingerprint density at radius 3 is 2.66 bits per heavy atom. The van der Waals surface area contributed by atoms with Crippen LogP contribution in [0.1, 0.15) is 31.2 Å². The number of fused-ring (bicyclic) bond motifs is 1. The molecule has 0 aliphatic carbocycles. The van der Waals surface area contributed by atoms with Crippen molar-refractivity contribution in [1.29, 1.82) is 0 Å². The predicted octanol–water partition coefficient (Wildman–Crippen LogP) is 4.35. The van der Waals surface area contributed by atoms with Crippen molar-refractivity contribution in [2.45, 2.75) is 32.1 Å². The number of nitrogens with one attached hydrogen (secondary N) is 2. The van der Waals surface area contributed by atoms with E-state index in [1.54, 1.807) is 23.7 Å². The van der Waals surface area contributed by atoms with Gasteiger partial charge in [0.25, 0.3) is 0 Å². The zero-order valence-corrected chi connectivity index (χ0v) is 18.1. The van der Waals surface area contributed by atoms with Gasteiger partial charge in [0.15, 0.2) is 0 Å². The summed E-state index contributed by atoms with van der Waals surface area (Å²) >= 11 is 5.86. The third kappa shape index (κ3) is 5.89. The molecule has 3 N–H and O–H groups in total. The van der Waals surface area contributed by atoms with Crippen LogP contribution in [0.5, 0.6) is 5.75 Å². The number of benzene rings is 2. The van der Waals surface area contributed by atoms with Crippen molar-refractivity contribution in [1.82, 2.24) is 15.4 Å². The third-order valence-corrected chi connectivity index (χ3v) is 5.13. The molecule has 32 heavy (non-hydrogen) atoms. The van der Waals surface area contributed by atoms with E-state index in [9.17, 15) is 14.0 Å². The van der Waals surface area contributed by atoms with Gasteiger partial charge in [-0.1, -0.05) is 11.6 Å². The first-order valence-electron chi connectivity index (χ1n) is 9.89. The van der Waals surface area contributed by atoms with Crippen molar-refractivity contribution in [3.05, 3.63) is 53.1 Å². The van der Waals surface area contributed by atoms with Crippen LogP contribution >= 0.6 is 11.6 Å². The maximum atomic E-state index is 13.5. The second kappa shape index (κ2) is 10.8. The molecule has 0 saturated heterocycles. The van der Waals surface area contributed by atoms with Crippen LogP contribution in [0.3, 0.4) is 0 Å². The minimum atomic E-state index is -0.521. The molecule has 3 rings (SSSR count). The SMILES string of the molecule is COc1cc2ncnc(Nc3ccc(F)c(Cl)c3)c2cc1CC(=O)CCCCC(=O)NO. The van der Waals surface area contributed by atoms with Crippen molar-refractivity contribution >= 4 is 45.7 Å². The van der Waals surface area contributed by atoms with E-state index < -0.39 is 11.7 Å². The number of carbonyl (C=O) groups excluding carboxylic acids is 2. The first-order valence-corrected chi connectivity index (χ1v) is 10.3. The van der Waals surface area contributed by atoms with E-state index in [1.807, 2.05) is 0 Å². The van der Waals surface area contributed by atoms with Crippen LogP contribution in [0.2, 0.25) is 5.02 Å². The van der Waals surface area contributed by atoms with Crippen molar-refractivity contribution in [2.75, 3.05) is 12.4 Å². The molecule has 10 heteroatoms.